The van der Waals surface area contributed by atoms with E-state index >= 15 is 0 Å². The quantitative estimate of drug-likeness (QED) is 0.253. The average molecular weight is 283 g/mol. The minimum atomic E-state index is -0.435. The number of fused-ring (bicyclic) bond motifs is 1. The highest BCUT2D eigenvalue weighted by molar-refractivity contribution is 5.86. The first kappa shape index (κ1) is 12.8. The minimum absolute atomic E-state index is 0.0177. The summed E-state index contributed by atoms with van der Waals surface area (Å²) in [7, 11) is 0. The highest BCUT2D eigenvalue weighted by Gasteiger charge is 2.20. The van der Waals surface area contributed by atoms with E-state index in [1.807, 2.05) is 28.8 Å². The van der Waals surface area contributed by atoms with Gasteiger partial charge in [0, 0.05) is 12.1 Å². The second-order valence-corrected chi connectivity index (χ2v) is 4.40. The van der Waals surface area contributed by atoms with Crippen LogP contribution in [-0.4, -0.2) is 21.3 Å². The summed E-state index contributed by atoms with van der Waals surface area (Å²) in [5.74, 6) is 0.671. The predicted octanol–water partition coefficient (Wildman–Crippen LogP) is 2.14. The number of nitrogens with one attached hydrogen (secondary N) is 1. The van der Waals surface area contributed by atoms with E-state index < -0.39 is 4.92 Å². The molecule has 0 amide bonds. The molecule has 0 saturated heterocycles. The number of nitrogens with zero attached hydrogens (tertiary/aromatic N) is 3. The number of hydrogen-bond donors (Lipinski definition) is 2. The van der Waals surface area contributed by atoms with Crippen molar-refractivity contribution in [3.8, 4) is 11.4 Å². The Morgan fingerprint density at radius 2 is 2.14 bits per heavy atom. The predicted molar refractivity (Wildman–Crippen MR) is 75.4 cm³/mol. The first-order valence-electron chi connectivity index (χ1n) is 6.15. The molecule has 3 aromatic rings. The van der Waals surface area contributed by atoms with E-state index in [9.17, 15) is 10.1 Å². The summed E-state index contributed by atoms with van der Waals surface area (Å²) in [6.45, 7) is 0. The molecule has 0 aliphatic rings. The number of aromatic amines is 1. The average Bonchev–Trinajstić information content (AvgIpc) is 2.87. The van der Waals surface area contributed by atoms with Gasteiger partial charge in [-0.05, 0) is 18.2 Å². The molecular formula is C14H11N4O3+. The SMILES string of the molecule is O=[N+]([O-])c1cccc(-c2[nH]c(/C=N/O)c3cccc[n+]23)c1. The Morgan fingerprint density at radius 3 is 2.90 bits per heavy atom. The van der Waals surface area contributed by atoms with Crippen molar-refractivity contribution < 1.29 is 14.5 Å². The Hall–Kier alpha value is -3.22. The van der Waals surface area contributed by atoms with Gasteiger partial charge in [-0.25, -0.2) is 4.98 Å². The number of hydrogen-bond acceptors (Lipinski definition) is 4. The highest BCUT2D eigenvalue weighted by Crippen LogP contribution is 2.21. The number of H-pyrrole nitrogens is 1. The fourth-order valence-corrected chi connectivity index (χ4v) is 2.24. The largest absolute Gasteiger partial charge is 0.411 e. The normalized spacial score (nSPS) is 11.2. The Labute approximate surface area is 118 Å². The number of benzene rings is 1. The van der Waals surface area contributed by atoms with Crippen LogP contribution < -0.4 is 4.40 Å². The monoisotopic (exact) mass is 283 g/mol. The summed E-state index contributed by atoms with van der Waals surface area (Å²) < 4.78 is 1.84. The van der Waals surface area contributed by atoms with E-state index in [0.29, 0.717) is 17.1 Å². The molecule has 3 rings (SSSR count). The molecule has 0 atom stereocenters. The zero-order chi connectivity index (χ0) is 14.8. The van der Waals surface area contributed by atoms with Crippen LogP contribution in [0.15, 0.2) is 53.8 Å². The van der Waals surface area contributed by atoms with Crippen molar-refractivity contribution in [2.75, 3.05) is 0 Å². The fourth-order valence-electron chi connectivity index (χ4n) is 2.24. The van der Waals surface area contributed by atoms with Gasteiger partial charge < -0.3 is 5.21 Å². The summed E-state index contributed by atoms with van der Waals surface area (Å²) in [5, 5.41) is 22.6. The summed E-state index contributed by atoms with van der Waals surface area (Å²) in [4.78, 5) is 13.6. The Bertz CT molecular complexity index is 854. The third kappa shape index (κ3) is 2.20. The van der Waals surface area contributed by atoms with Crippen LogP contribution in [-0.2, 0) is 0 Å². The van der Waals surface area contributed by atoms with Crippen LogP contribution in [0.3, 0.4) is 0 Å². The van der Waals surface area contributed by atoms with Crippen molar-refractivity contribution in [2.45, 2.75) is 0 Å². The maximum absolute atomic E-state index is 10.9. The van der Waals surface area contributed by atoms with E-state index in [4.69, 9.17) is 5.21 Å². The van der Waals surface area contributed by atoms with Crippen molar-refractivity contribution in [3.63, 3.8) is 0 Å². The van der Waals surface area contributed by atoms with Crippen molar-refractivity contribution in [2.24, 2.45) is 5.16 Å². The Morgan fingerprint density at radius 1 is 1.29 bits per heavy atom. The molecule has 0 radical (unpaired) electrons. The summed E-state index contributed by atoms with van der Waals surface area (Å²) >= 11 is 0. The maximum atomic E-state index is 10.9. The fraction of sp³-hybridized carbons (Fsp3) is 0. The van der Waals surface area contributed by atoms with Crippen molar-refractivity contribution in [1.29, 1.82) is 0 Å². The molecule has 0 spiro atoms. The van der Waals surface area contributed by atoms with Gasteiger partial charge >= 0.3 is 0 Å². The summed E-state index contributed by atoms with van der Waals surface area (Å²) in [5.41, 5.74) is 2.10. The van der Waals surface area contributed by atoms with Crippen molar-refractivity contribution in [3.05, 3.63) is 64.5 Å². The second kappa shape index (κ2) is 5.04. The third-order valence-electron chi connectivity index (χ3n) is 3.15. The van der Waals surface area contributed by atoms with Gasteiger partial charge in [0.25, 0.3) is 11.5 Å². The smallest absolute Gasteiger partial charge is 0.292 e. The lowest BCUT2D eigenvalue weighted by Gasteiger charge is -1.95. The number of non-ortho nitro benzene ring substituents is 1. The van der Waals surface area contributed by atoms with Crippen LogP contribution in [0.4, 0.5) is 5.69 Å². The van der Waals surface area contributed by atoms with Gasteiger partial charge in [0.05, 0.1) is 16.7 Å². The molecule has 2 aromatic heterocycles. The first-order chi connectivity index (χ1) is 10.2. The third-order valence-corrected chi connectivity index (χ3v) is 3.15. The van der Waals surface area contributed by atoms with Gasteiger partial charge in [-0.1, -0.05) is 17.3 Å². The van der Waals surface area contributed by atoms with E-state index in [1.54, 1.807) is 12.1 Å². The molecule has 1 aromatic carbocycles. The molecule has 0 aliphatic heterocycles. The van der Waals surface area contributed by atoms with Gasteiger partial charge in [-0.15, -0.1) is 0 Å². The molecule has 7 heteroatoms. The minimum Gasteiger partial charge on any atom is -0.411 e. The van der Waals surface area contributed by atoms with Crippen LogP contribution in [0.2, 0.25) is 0 Å². The number of nitro groups is 1. The van der Waals surface area contributed by atoms with Crippen LogP contribution in [0.1, 0.15) is 5.69 Å². The molecule has 2 heterocycles. The van der Waals surface area contributed by atoms with Gasteiger partial charge in [-0.2, -0.15) is 4.40 Å². The second-order valence-electron chi connectivity index (χ2n) is 4.40. The summed E-state index contributed by atoms with van der Waals surface area (Å²) in [6.07, 6.45) is 3.12. The first-order valence-corrected chi connectivity index (χ1v) is 6.15. The van der Waals surface area contributed by atoms with Crippen LogP contribution >= 0.6 is 0 Å². The number of pyridine rings is 1. The van der Waals surface area contributed by atoms with Crippen molar-refractivity contribution >= 4 is 17.4 Å². The van der Waals surface area contributed by atoms with E-state index in [1.165, 1.54) is 18.3 Å². The molecule has 0 fully saturated rings. The van der Waals surface area contributed by atoms with Crippen molar-refractivity contribution in [1.82, 2.24) is 4.98 Å². The summed E-state index contributed by atoms with van der Waals surface area (Å²) in [6, 6.07) is 11.9. The number of rotatable bonds is 3. The van der Waals surface area contributed by atoms with Crippen LogP contribution in [0.25, 0.3) is 16.9 Å². The molecular weight excluding hydrogens is 272 g/mol. The lowest BCUT2D eigenvalue weighted by Crippen LogP contribution is -2.21. The van der Waals surface area contributed by atoms with E-state index in [-0.39, 0.29) is 5.69 Å². The van der Waals surface area contributed by atoms with Gasteiger partial charge in [0.2, 0.25) is 0 Å². The van der Waals surface area contributed by atoms with E-state index in [0.717, 1.165) is 5.52 Å². The lowest BCUT2D eigenvalue weighted by atomic mass is 10.2. The standard InChI is InChI=1S/C14H10N4O3/c19-15-9-12-13-6-1-2-7-17(13)14(16-12)10-4-3-5-11(8-10)18(20)21/h1-9,19H/p+1/b15-9+. The molecule has 7 nitrogen and oxygen atoms in total. The lowest BCUT2D eigenvalue weighted by molar-refractivity contribution is -0.498. The molecule has 21 heavy (non-hydrogen) atoms. The molecule has 2 N–H and O–H groups in total. The van der Waals surface area contributed by atoms with Crippen LogP contribution in [0.5, 0.6) is 0 Å². The maximum Gasteiger partial charge on any atom is 0.292 e. The molecule has 0 bridgehead atoms. The van der Waals surface area contributed by atoms with Gasteiger partial charge in [-0.3, -0.25) is 10.1 Å². The molecule has 0 saturated carbocycles. The number of imidazole rings is 1. The number of nitro benzene ring substituents is 1. The highest BCUT2D eigenvalue weighted by atomic mass is 16.6. The molecule has 104 valence electrons. The number of oxime groups is 1. The zero-order valence-corrected chi connectivity index (χ0v) is 10.8. The van der Waals surface area contributed by atoms with Gasteiger partial charge in [0.15, 0.2) is 11.2 Å². The molecule has 0 aliphatic carbocycles. The Kier molecular flexibility index (Phi) is 3.07. The van der Waals surface area contributed by atoms with E-state index in [2.05, 4.69) is 10.1 Å². The zero-order valence-electron chi connectivity index (χ0n) is 10.8. The number of aromatic nitrogens is 2. The van der Waals surface area contributed by atoms with Crippen LogP contribution in [0, 0.1) is 10.1 Å². The molecule has 0 unspecified atom stereocenters. The van der Waals surface area contributed by atoms with Gasteiger partial charge in [0.1, 0.15) is 6.21 Å². The Balaban J connectivity index is 2.25. The topological polar surface area (TPSA) is 95.6 Å².